The zero-order valence-corrected chi connectivity index (χ0v) is 3.15. The summed E-state index contributed by atoms with van der Waals surface area (Å²) in [6, 6.07) is 0. The monoisotopic (exact) mass is 72.1 g/mol. The van der Waals surface area contributed by atoms with Crippen LogP contribution in [0.15, 0.2) is 0 Å². The molecular formula is C3H8N2. The largest absolute Gasteiger partial charge is 0.456 e. The minimum atomic E-state index is 1.07. The number of hydrogen-bond donors (Lipinski definition) is 1. The van der Waals surface area contributed by atoms with Crippen molar-refractivity contribution in [2.75, 3.05) is 13.1 Å². The lowest BCUT2D eigenvalue weighted by atomic mass is 10.5. The van der Waals surface area contributed by atoms with Gasteiger partial charge in [0.2, 0.25) is 0 Å². The second-order valence-corrected chi connectivity index (χ2v) is 1.23. The van der Waals surface area contributed by atoms with Gasteiger partial charge in [-0.05, 0) is 6.42 Å². The molecule has 0 aliphatic carbocycles. The van der Waals surface area contributed by atoms with Gasteiger partial charge in [0.25, 0.3) is 0 Å². The maximum atomic E-state index is 3.96. The van der Waals surface area contributed by atoms with E-state index in [0.29, 0.717) is 0 Å². The standard InChI is InChI=1S/C3H8N2/c1-2-4-5-3-1/h1-4H2. The zero-order valence-electron chi connectivity index (χ0n) is 3.15. The van der Waals surface area contributed by atoms with Crippen molar-refractivity contribution < 1.29 is 5.43 Å². The molecule has 0 aromatic carbocycles. The van der Waals surface area contributed by atoms with Crippen molar-refractivity contribution in [1.82, 2.24) is 0 Å². The highest BCUT2D eigenvalue weighted by atomic mass is 15.4. The summed E-state index contributed by atoms with van der Waals surface area (Å²) >= 11 is 0. The molecule has 30 valence electrons. The van der Waals surface area contributed by atoms with Gasteiger partial charge in [0, 0.05) is 0 Å². The van der Waals surface area contributed by atoms with E-state index in [9.17, 15) is 0 Å². The molecule has 0 radical (unpaired) electrons. The summed E-state index contributed by atoms with van der Waals surface area (Å²) in [5.41, 5.74) is 5.94. The molecule has 0 unspecified atom stereocenters. The molecule has 1 aliphatic rings. The first-order valence-electron chi connectivity index (χ1n) is 1.98. The maximum Gasteiger partial charge on any atom is 0.0652 e. The summed E-state index contributed by atoms with van der Waals surface area (Å²) in [6.07, 6.45) is 1.28. The molecule has 1 fully saturated rings. The fourth-order valence-electron chi connectivity index (χ4n) is 0.456. The van der Waals surface area contributed by atoms with E-state index in [0.717, 1.165) is 6.54 Å². The van der Waals surface area contributed by atoms with Gasteiger partial charge in [0.05, 0.1) is 6.54 Å². The molecule has 0 atom stereocenters. The van der Waals surface area contributed by atoms with Gasteiger partial charge in [-0.3, -0.25) is 0 Å². The molecule has 0 aromatic heterocycles. The van der Waals surface area contributed by atoms with Crippen LogP contribution in [0.4, 0.5) is 0 Å². The van der Waals surface area contributed by atoms with Crippen LogP contribution >= 0.6 is 0 Å². The van der Waals surface area contributed by atoms with Crippen LogP contribution < -0.4 is 5.43 Å². The predicted octanol–water partition coefficient (Wildman–Crippen LogP) is -0.758. The smallest absolute Gasteiger partial charge is 0.0652 e. The molecule has 1 heterocycles. The van der Waals surface area contributed by atoms with Crippen molar-refractivity contribution in [3.8, 4) is 0 Å². The Bertz CT molecular complexity index is 16.5. The van der Waals surface area contributed by atoms with Crippen LogP contribution in [-0.2, 0) is 0 Å². The Morgan fingerprint density at radius 1 is 1.60 bits per heavy atom. The average Bonchev–Trinajstić information content (AvgIpc) is 1.76. The quantitative estimate of drug-likeness (QED) is 0.365. The molecule has 5 heavy (non-hydrogen) atoms. The van der Waals surface area contributed by atoms with Gasteiger partial charge < -0.3 is 10.9 Å². The fraction of sp³-hybridized carbons (Fsp3) is 1.00. The SMILES string of the molecule is C1C[N-][NH2+]C1. The molecule has 2 N–H and O–H groups in total. The second-order valence-electron chi connectivity index (χ2n) is 1.23. The number of nitrogens with zero attached hydrogens (tertiary/aromatic N) is 1. The first kappa shape index (κ1) is 3.12. The van der Waals surface area contributed by atoms with Crippen molar-refractivity contribution in [2.24, 2.45) is 0 Å². The first-order valence-corrected chi connectivity index (χ1v) is 1.98. The molecule has 0 amide bonds. The van der Waals surface area contributed by atoms with E-state index in [2.05, 4.69) is 5.43 Å². The van der Waals surface area contributed by atoms with Crippen LogP contribution in [0.2, 0.25) is 0 Å². The van der Waals surface area contributed by atoms with Crippen LogP contribution in [0.5, 0.6) is 0 Å². The summed E-state index contributed by atoms with van der Waals surface area (Å²) in [6.45, 7) is 2.28. The summed E-state index contributed by atoms with van der Waals surface area (Å²) < 4.78 is 0. The highest BCUT2D eigenvalue weighted by Crippen LogP contribution is 1.81. The molecule has 2 nitrogen and oxygen atoms in total. The van der Waals surface area contributed by atoms with E-state index in [-0.39, 0.29) is 0 Å². The van der Waals surface area contributed by atoms with Crippen LogP contribution in [0.25, 0.3) is 5.43 Å². The van der Waals surface area contributed by atoms with E-state index in [4.69, 9.17) is 0 Å². The van der Waals surface area contributed by atoms with E-state index in [1.165, 1.54) is 13.0 Å². The van der Waals surface area contributed by atoms with Gasteiger partial charge in [0.1, 0.15) is 0 Å². The van der Waals surface area contributed by atoms with Gasteiger partial charge in [-0.15, -0.1) is 6.54 Å². The number of hydrogen-bond acceptors (Lipinski definition) is 0. The Morgan fingerprint density at radius 3 is 2.80 bits per heavy atom. The van der Waals surface area contributed by atoms with E-state index in [1.807, 2.05) is 5.43 Å². The Kier molecular flexibility index (Phi) is 0.862. The lowest BCUT2D eigenvalue weighted by molar-refractivity contribution is -0.592. The molecule has 1 aliphatic heterocycles. The molecule has 2 heteroatoms. The fourth-order valence-corrected chi connectivity index (χ4v) is 0.456. The van der Waals surface area contributed by atoms with Crippen molar-refractivity contribution in [3.63, 3.8) is 0 Å². The zero-order chi connectivity index (χ0) is 3.54. The number of quaternary nitrogens is 1. The van der Waals surface area contributed by atoms with Gasteiger partial charge in [-0.1, -0.05) is 0 Å². The van der Waals surface area contributed by atoms with E-state index in [1.54, 1.807) is 0 Å². The Labute approximate surface area is 31.5 Å². The predicted molar refractivity (Wildman–Crippen MR) is 19.6 cm³/mol. The number of rotatable bonds is 0. The molecule has 1 saturated heterocycles. The molecule has 0 saturated carbocycles. The van der Waals surface area contributed by atoms with Gasteiger partial charge in [-0.2, -0.15) is 0 Å². The van der Waals surface area contributed by atoms with Crippen LogP contribution in [0.3, 0.4) is 0 Å². The van der Waals surface area contributed by atoms with Gasteiger partial charge in [0.15, 0.2) is 0 Å². The molecule has 0 aromatic rings. The third-order valence-electron chi connectivity index (χ3n) is 0.750. The highest BCUT2D eigenvalue weighted by Gasteiger charge is 1.84. The highest BCUT2D eigenvalue weighted by molar-refractivity contribution is 4.61. The van der Waals surface area contributed by atoms with Gasteiger partial charge >= 0.3 is 0 Å². The van der Waals surface area contributed by atoms with Crippen molar-refractivity contribution in [2.45, 2.75) is 6.42 Å². The Morgan fingerprint density at radius 2 is 2.60 bits per heavy atom. The summed E-state index contributed by atoms with van der Waals surface area (Å²) in [5, 5.41) is 0. The second kappa shape index (κ2) is 1.38. The summed E-state index contributed by atoms with van der Waals surface area (Å²) in [4.78, 5) is 0. The molecule has 1 rings (SSSR count). The minimum Gasteiger partial charge on any atom is -0.456 e. The number of nitrogens with two attached hydrogens (primary N) is 1. The molecule has 0 spiro atoms. The average molecular weight is 72.1 g/mol. The van der Waals surface area contributed by atoms with Crippen molar-refractivity contribution in [1.29, 1.82) is 0 Å². The molecular weight excluding hydrogens is 64.0 g/mol. The third kappa shape index (κ3) is 0.597. The van der Waals surface area contributed by atoms with Crippen molar-refractivity contribution >= 4 is 0 Å². The van der Waals surface area contributed by atoms with Crippen LogP contribution in [0, 0.1) is 0 Å². The van der Waals surface area contributed by atoms with Crippen LogP contribution in [-0.4, -0.2) is 13.1 Å². The lowest BCUT2D eigenvalue weighted by Gasteiger charge is -1.96. The topological polar surface area (TPSA) is 30.7 Å². The lowest BCUT2D eigenvalue weighted by Crippen LogP contribution is -2.75. The summed E-state index contributed by atoms with van der Waals surface area (Å²) in [7, 11) is 0. The van der Waals surface area contributed by atoms with Crippen molar-refractivity contribution in [3.05, 3.63) is 5.43 Å². The Hall–Kier alpha value is -0.0800. The molecule has 0 bridgehead atoms. The van der Waals surface area contributed by atoms with E-state index < -0.39 is 0 Å². The maximum absolute atomic E-state index is 3.96. The van der Waals surface area contributed by atoms with Gasteiger partial charge in [-0.25, -0.2) is 0 Å². The minimum absolute atomic E-state index is 1.07. The van der Waals surface area contributed by atoms with E-state index >= 15 is 0 Å². The Balaban J connectivity index is 2.08. The first-order chi connectivity index (χ1) is 2.50. The normalized spacial score (nSPS) is 24.0. The van der Waals surface area contributed by atoms with Crippen LogP contribution in [0.1, 0.15) is 6.42 Å². The third-order valence-corrected chi connectivity index (χ3v) is 0.750. The summed E-state index contributed by atoms with van der Waals surface area (Å²) in [5.74, 6) is 0.